The van der Waals surface area contributed by atoms with Crippen LogP contribution in [0.2, 0.25) is 0 Å². The van der Waals surface area contributed by atoms with Gasteiger partial charge in [-0.1, -0.05) is 0 Å². The lowest BCUT2D eigenvalue weighted by Crippen LogP contribution is -1.85. The summed E-state index contributed by atoms with van der Waals surface area (Å²) in [6.07, 6.45) is 0. The molecule has 0 aliphatic carbocycles. The minimum Gasteiger partial charge on any atom is -0.507 e. The van der Waals surface area contributed by atoms with E-state index in [1.54, 1.807) is 12.1 Å². The van der Waals surface area contributed by atoms with Crippen LogP contribution in [0.15, 0.2) is 29.6 Å². The van der Waals surface area contributed by atoms with E-state index in [9.17, 15) is 15.2 Å². The van der Waals surface area contributed by atoms with Gasteiger partial charge in [-0.3, -0.25) is 10.1 Å². The van der Waals surface area contributed by atoms with E-state index in [0.717, 1.165) is 0 Å². The molecule has 6 heteroatoms. The molecular formula is C10H8N2O3S. The molecule has 3 N–H and O–H groups in total. The van der Waals surface area contributed by atoms with Crippen molar-refractivity contribution in [2.24, 2.45) is 0 Å². The number of aromatic hydroxyl groups is 1. The van der Waals surface area contributed by atoms with Crippen LogP contribution < -0.4 is 5.73 Å². The molecule has 0 atom stereocenters. The highest BCUT2D eigenvalue weighted by atomic mass is 32.1. The number of hydrogen-bond donors (Lipinski definition) is 2. The zero-order chi connectivity index (χ0) is 11.7. The number of nitrogens with zero attached hydrogens (tertiary/aromatic N) is 1. The smallest absolute Gasteiger partial charge is 0.280 e. The summed E-state index contributed by atoms with van der Waals surface area (Å²) >= 11 is 1.21. The van der Waals surface area contributed by atoms with E-state index in [4.69, 9.17) is 5.73 Å². The van der Waals surface area contributed by atoms with Gasteiger partial charge in [-0.2, -0.15) is 0 Å². The SMILES string of the molecule is Nc1ccc(-c2cc([N+](=O)[O-])cs2)c(O)c1. The number of nitrogens with two attached hydrogens (primary N) is 1. The quantitative estimate of drug-likeness (QED) is 0.476. The molecule has 16 heavy (non-hydrogen) atoms. The van der Waals surface area contributed by atoms with Gasteiger partial charge >= 0.3 is 0 Å². The molecule has 1 aromatic carbocycles. The van der Waals surface area contributed by atoms with Crippen LogP contribution in [0.5, 0.6) is 5.75 Å². The molecule has 82 valence electrons. The normalized spacial score (nSPS) is 10.2. The van der Waals surface area contributed by atoms with Crippen molar-refractivity contribution in [3.63, 3.8) is 0 Å². The minimum atomic E-state index is -0.464. The van der Waals surface area contributed by atoms with E-state index in [1.165, 1.54) is 28.8 Å². The average molecular weight is 236 g/mol. The number of phenolic OH excluding ortho intramolecular Hbond substituents is 1. The molecule has 0 spiro atoms. The lowest BCUT2D eigenvalue weighted by atomic mass is 10.1. The molecule has 0 unspecified atom stereocenters. The van der Waals surface area contributed by atoms with Crippen molar-refractivity contribution < 1.29 is 10.0 Å². The summed E-state index contributed by atoms with van der Waals surface area (Å²) in [6.45, 7) is 0. The Balaban J connectivity index is 2.46. The average Bonchev–Trinajstić information content (AvgIpc) is 2.66. The number of nitro groups is 1. The van der Waals surface area contributed by atoms with Gasteiger partial charge in [0.25, 0.3) is 5.69 Å². The standard InChI is InChI=1S/C10H8N2O3S/c11-6-1-2-8(9(13)3-6)10-4-7(5-16-10)12(14)15/h1-5,13H,11H2. The molecule has 5 nitrogen and oxygen atoms in total. The first-order valence-electron chi connectivity index (χ1n) is 4.39. The van der Waals surface area contributed by atoms with E-state index in [1.807, 2.05) is 0 Å². The third-order valence-corrected chi connectivity index (χ3v) is 3.03. The van der Waals surface area contributed by atoms with Crippen molar-refractivity contribution in [2.75, 3.05) is 5.73 Å². The van der Waals surface area contributed by atoms with Crippen LogP contribution in [0.25, 0.3) is 10.4 Å². The Bertz CT molecular complexity index is 551. The van der Waals surface area contributed by atoms with Crippen LogP contribution in [0.3, 0.4) is 0 Å². The second-order valence-corrected chi connectivity index (χ2v) is 4.11. The maximum absolute atomic E-state index is 10.5. The highest BCUT2D eigenvalue weighted by Crippen LogP contribution is 2.36. The lowest BCUT2D eigenvalue weighted by molar-refractivity contribution is -0.384. The molecule has 0 saturated heterocycles. The Hall–Kier alpha value is -2.08. The molecule has 2 aromatic rings. The van der Waals surface area contributed by atoms with Gasteiger partial charge in [0, 0.05) is 28.3 Å². The first-order chi connectivity index (χ1) is 7.58. The Labute approximate surface area is 94.9 Å². The van der Waals surface area contributed by atoms with Crippen molar-refractivity contribution in [1.82, 2.24) is 0 Å². The Kier molecular flexibility index (Phi) is 2.49. The van der Waals surface area contributed by atoms with Gasteiger partial charge < -0.3 is 10.8 Å². The van der Waals surface area contributed by atoms with Crippen LogP contribution in [-0.2, 0) is 0 Å². The van der Waals surface area contributed by atoms with Gasteiger partial charge in [0.1, 0.15) is 5.75 Å². The maximum atomic E-state index is 10.5. The summed E-state index contributed by atoms with van der Waals surface area (Å²) in [5.41, 5.74) is 6.52. The first-order valence-corrected chi connectivity index (χ1v) is 5.27. The van der Waals surface area contributed by atoms with Crippen LogP contribution in [0, 0.1) is 10.1 Å². The molecule has 0 saturated carbocycles. The van der Waals surface area contributed by atoms with Gasteiger partial charge in [-0.05, 0) is 12.1 Å². The largest absolute Gasteiger partial charge is 0.507 e. The van der Waals surface area contributed by atoms with Crippen molar-refractivity contribution >= 4 is 22.7 Å². The summed E-state index contributed by atoms with van der Waals surface area (Å²) in [5.74, 6) is 0.0248. The maximum Gasteiger partial charge on any atom is 0.280 e. The molecule has 1 aromatic heterocycles. The number of thiophene rings is 1. The molecule has 0 aliphatic heterocycles. The molecule has 0 fully saturated rings. The van der Waals surface area contributed by atoms with Crippen LogP contribution >= 0.6 is 11.3 Å². The van der Waals surface area contributed by atoms with Crippen molar-refractivity contribution in [3.8, 4) is 16.2 Å². The van der Waals surface area contributed by atoms with Crippen molar-refractivity contribution in [1.29, 1.82) is 0 Å². The number of nitrogen functional groups attached to an aromatic ring is 1. The van der Waals surface area contributed by atoms with E-state index >= 15 is 0 Å². The van der Waals surface area contributed by atoms with Crippen LogP contribution in [-0.4, -0.2) is 10.0 Å². The molecule has 0 bridgehead atoms. The van der Waals surface area contributed by atoms with Gasteiger partial charge in [0.05, 0.1) is 10.3 Å². The molecule has 0 amide bonds. The Morgan fingerprint density at radius 1 is 1.38 bits per heavy atom. The summed E-state index contributed by atoms with van der Waals surface area (Å²) in [7, 11) is 0. The summed E-state index contributed by atoms with van der Waals surface area (Å²) in [5, 5.41) is 21.6. The zero-order valence-electron chi connectivity index (χ0n) is 8.08. The summed E-state index contributed by atoms with van der Waals surface area (Å²) < 4.78 is 0. The summed E-state index contributed by atoms with van der Waals surface area (Å²) in [4.78, 5) is 10.7. The van der Waals surface area contributed by atoms with Crippen LogP contribution in [0.1, 0.15) is 0 Å². The van der Waals surface area contributed by atoms with E-state index in [2.05, 4.69) is 0 Å². The second-order valence-electron chi connectivity index (χ2n) is 3.20. The van der Waals surface area contributed by atoms with Gasteiger partial charge in [0.15, 0.2) is 0 Å². The van der Waals surface area contributed by atoms with Crippen molar-refractivity contribution in [2.45, 2.75) is 0 Å². The highest BCUT2D eigenvalue weighted by molar-refractivity contribution is 7.14. The van der Waals surface area contributed by atoms with Crippen LogP contribution in [0.4, 0.5) is 11.4 Å². The number of benzene rings is 1. The third kappa shape index (κ3) is 1.82. The van der Waals surface area contributed by atoms with Gasteiger partial charge in [0.2, 0.25) is 0 Å². The number of rotatable bonds is 2. The predicted octanol–water partition coefficient (Wildman–Crippen LogP) is 2.61. The zero-order valence-corrected chi connectivity index (χ0v) is 8.90. The lowest BCUT2D eigenvalue weighted by Gasteiger charge is -2.01. The van der Waals surface area contributed by atoms with Crippen molar-refractivity contribution in [3.05, 3.63) is 39.8 Å². The topological polar surface area (TPSA) is 89.4 Å². The fourth-order valence-corrected chi connectivity index (χ4v) is 2.21. The van der Waals surface area contributed by atoms with E-state index in [0.29, 0.717) is 16.1 Å². The molecule has 1 heterocycles. The molecule has 0 radical (unpaired) electrons. The first kappa shape index (κ1) is 10.4. The summed E-state index contributed by atoms with van der Waals surface area (Å²) in [6, 6.07) is 6.12. The number of hydrogen-bond acceptors (Lipinski definition) is 5. The highest BCUT2D eigenvalue weighted by Gasteiger charge is 2.13. The molecular weight excluding hydrogens is 228 g/mol. The van der Waals surface area contributed by atoms with E-state index in [-0.39, 0.29) is 11.4 Å². The monoisotopic (exact) mass is 236 g/mol. The number of phenols is 1. The Morgan fingerprint density at radius 2 is 2.12 bits per heavy atom. The minimum absolute atomic E-state index is 0.0243. The predicted molar refractivity (Wildman–Crippen MR) is 62.5 cm³/mol. The molecule has 2 rings (SSSR count). The fourth-order valence-electron chi connectivity index (χ4n) is 1.32. The van der Waals surface area contributed by atoms with Gasteiger partial charge in [-0.15, -0.1) is 11.3 Å². The molecule has 0 aliphatic rings. The third-order valence-electron chi connectivity index (χ3n) is 2.08. The Morgan fingerprint density at radius 3 is 2.69 bits per heavy atom. The number of anilines is 1. The fraction of sp³-hybridized carbons (Fsp3) is 0. The van der Waals surface area contributed by atoms with Gasteiger partial charge in [-0.25, -0.2) is 0 Å². The second kappa shape index (κ2) is 3.82. The van der Waals surface area contributed by atoms with E-state index < -0.39 is 4.92 Å².